The summed E-state index contributed by atoms with van der Waals surface area (Å²) in [6, 6.07) is 3.01. The third kappa shape index (κ3) is 9.30. The van der Waals surface area contributed by atoms with E-state index in [2.05, 4.69) is 15.6 Å². The quantitative estimate of drug-likeness (QED) is 0.282. The first kappa shape index (κ1) is 35.1. The molecule has 0 saturated carbocycles. The molecule has 2 heterocycles. The van der Waals surface area contributed by atoms with Crippen molar-refractivity contribution in [2.24, 2.45) is 17.6 Å². The number of nitrogens with one attached hydrogen (secondary N) is 2. The van der Waals surface area contributed by atoms with Crippen LogP contribution in [0.2, 0.25) is 0 Å². The Morgan fingerprint density at radius 3 is 2.42 bits per heavy atom. The molecule has 1 aromatic heterocycles. The number of aromatic nitrogens is 1. The Balaban J connectivity index is 2.08. The molecule has 0 spiro atoms. The zero-order valence-electron chi connectivity index (χ0n) is 26.4. The fourth-order valence-corrected chi connectivity index (χ4v) is 5.37. The number of aliphatic hydroxyl groups is 1. The number of carbonyl (C=O) groups excluding carboxylic acids is 4. The normalized spacial score (nSPS) is 29.9. The molecule has 45 heavy (non-hydrogen) atoms. The number of methoxy groups -OCH3 is 2. The van der Waals surface area contributed by atoms with Gasteiger partial charge in [-0.05, 0) is 56.4 Å². The van der Waals surface area contributed by atoms with E-state index >= 15 is 0 Å². The average molecular weight is 623 g/mol. The highest BCUT2D eigenvalue weighted by molar-refractivity contribution is 6.23. The second-order valence-electron chi connectivity index (χ2n) is 11.3. The first-order chi connectivity index (χ1) is 21.4. The Labute approximate surface area is 263 Å². The summed E-state index contributed by atoms with van der Waals surface area (Å²) in [5.41, 5.74) is 6.87. The lowest BCUT2D eigenvalue weighted by Gasteiger charge is -2.30. The number of allylic oxidation sites excluding steroid dienone is 5. The number of ketones is 2. The van der Waals surface area contributed by atoms with E-state index in [0.717, 1.165) is 6.08 Å². The Morgan fingerprint density at radius 1 is 1.11 bits per heavy atom. The summed E-state index contributed by atoms with van der Waals surface area (Å²) in [4.78, 5) is 55.9. The van der Waals surface area contributed by atoms with Gasteiger partial charge in [-0.2, -0.15) is 0 Å². The van der Waals surface area contributed by atoms with Gasteiger partial charge in [0.25, 0.3) is 5.91 Å². The fraction of sp³-hybridized carbons (Fsp3) is 0.424. The number of aliphatic hydroxyl groups excluding tert-OH is 1. The Kier molecular flexibility index (Phi) is 12.5. The summed E-state index contributed by atoms with van der Waals surface area (Å²) < 4.78 is 16.7. The molecule has 0 fully saturated rings. The molecule has 12 nitrogen and oxygen atoms in total. The van der Waals surface area contributed by atoms with E-state index in [4.69, 9.17) is 19.9 Å². The third-order valence-corrected chi connectivity index (χ3v) is 7.70. The van der Waals surface area contributed by atoms with Crippen LogP contribution in [0.1, 0.15) is 50.9 Å². The number of Topliss-reactive ketones (excluding diaryl/α,β-unsaturated/α-hetero) is 1. The number of amides is 2. The van der Waals surface area contributed by atoms with Crippen molar-refractivity contribution in [3.63, 3.8) is 0 Å². The molecule has 2 amide bonds. The minimum Gasteiger partial charge on any atom is -0.439 e. The molecule has 1 aromatic rings. The molecule has 2 aliphatic rings. The largest absolute Gasteiger partial charge is 0.439 e. The Morgan fingerprint density at radius 2 is 1.80 bits per heavy atom. The number of ether oxygens (including phenoxy) is 3. The molecule has 0 saturated heterocycles. The second-order valence-corrected chi connectivity index (χ2v) is 11.3. The predicted molar refractivity (Wildman–Crippen MR) is 166 cm³/mol. The number of primary amides is 1. The summed E-state index contributed by atoms with van der Waals surface area (Å²) in [7, 11) is 2.94. The van der Waals surface area contributed by atoms with E-state index in [0.29, 0.717) is 17.7 Å². The maximum Gasteiger partial charge on any atom is 0.405 e. The van der Waals surface area contributed by atoms with Crippen LogP contribution >= 0.6 is 0 Å². The van der Waals surface area contributed by atoms with Gasteiger partial charge in [0.05, 0.1) is 23.6 Å². The average Bonchev–Trinajstić information content (AvgIpc) is 3.00. The topological polar surface area (TPSA) is 179 Å². The van der Waals surface area contributed by atoms with Crippen LogP contribution in [0.25, 0.3) is 0 Å². The lowest BCUT2D eigenvalue weighted by atomic mass is 9.85. The fourth-order valence-electron chi connectivity index (χ4n) is 5.37. The molecular formula is C33H42N4O8. The molecule has 1 aliphatic carbocycles. The minimum atomic E-state index is -0.983. The van der Waals surface area contributed by atoms with Gasteiger partial charge in [-0.15, -0.1) is 0 Å². The van der Waals surface area contributed by atoms with Crippen LogP contribution in [-0.4, -0.2) is 72.3 Å². The van der Waals surface area contributed by atoms with Crippen molar-refractivity contribution in [1.29, 1.82) is 0 Å². The lowest BCUT2D eigenvalue weighted by molar-refractivity contribution is -0.116. The number of hydrogen-bond donors (Lipinski definition) is 4. The monoisotopic (exact) mass is 622 g/mol. The molecule has 2 bridgehead atoms. The third-order valence-electron chi connectivity index (χ3n) is 7.70. The highest BCUT2D eigenvalue weighted by Crippen LogP contribution is 2.29. The molecule has 1 aliphatic heterocycles. The smallest absolute Gasteiger partial charge is 0.405 e. The lowest BCUT2D eigenvalue weighted by Crippen LogP contribution is -2.38. The maximum absolute atomic E-state index is 13.8. The number of nitrogens with two attached hydrogens (primary N) is 1. The van der Waals surface area contributed by atoms with Gasteiger partial charge in [0.15, 0.2) is 6.10 Å². The molecule has 6 atom stereocenters. The van der Waals surface area contributed by atoms with E-state index in [1.165, 1.54) is 38.7 Å². The number of pyridine rings is 1. The van der Waals surface area contributed by atoms with Gasteiger partial charge < -0.3 is 35.7 Å². The molecule has 0 aromatic carbocycles. The molecule has 0 radical (unpaired) electrons. The van der Waals surface area contributed by atoms with Crippen LogP contribution in [0.4, 0.5) is 4.79 Å². The van der Waals surface area contributed by atoms with Gasteiger partial charge in [0.1, 0.15) is 6.10 Å². The van der Waals surface area contributed by atoms with E-state index in [1.54, 1.807) is 45.1 Å². The molecular weight excluding hydrogens is 580 g/mol. The number of rotatable bonds is 5. The number of nitrogens with zero attached hydrogens (tertiary/aromatic N) is 1. The van der Waals surface area contributed by atoms with Crippen molar-refractivity contribution in [3.8, 4) is 0 Å². The van der Waals surface area contributed by atoms with Crippen LogP contribution in [0, 0.1) is 11.8 Å². The van der Waals surface area contributed by atoms with Gasteiger partial charge in [-0.3, -0.25) is 19.4 Å². The van der Waals surface area contributed by atoms with Crippen molar-refractivity contribution in [3.05, 3.63) is 88.7 Å². The van der Waals surface area contributed by atoms with Gasteiger partial charge >= 0.3 is 6.09 Å². The summed E-state index contributed by atoms with van der Waals surface area (Å²) >= 11 is 0. The van der Waals surface area contributed by atoms with Crippen molar-refractivity contribution in [1.82, 2.24) is 15.6 Å². The van der Waals surface area contributed by atoms with Gasteiger partial charge in [0, 0.05) is 55.4 Å². The first-order valence-corrected chi connectivity index (χ1v) is 14.6. The van der Waals surface area contributed by atoms with Gasteiger partial charge in [-0.25, -0.2) is 4.79 Å². The van der Waals surface area contributed by atoms with Crippen LogP contribution < -0.4 is 16.4 Å². The van der Waals surface area contributed by atoms with Gasteiger partial charge in [0.2, 0.25) is 11.6 Å². The summed E-state index contributed by atoms with van der Waals surface area (Å²) in [5, 5.41) is 16.9. The van der Waals surface area contributed by atoms with E-state index in [-0.39, 0.29) is 34.9 Å². The molecule has 12 heteroatoms. The van der Waals surface area contributed by atoms with Crippen molar-refractivity contribution < 1.29 is 38.5 Å². The summed E-state index contributed by atoms with van der Waals surface area (Å²) in [6.07, 6.45) is 7.01. The number of hydrogen-bond acceptors (Lipinski definition) is 10. The molecule has 3 rings (SSSR count). The highest BCUT2D eigenvalue weighted by Gasteiger charge is 2.33. The molecule has 5 N–H and O–H groups in total. The van der Waals surface area contributed by atoms with Crippen LogP contribution in [-0.2, 0) is 23.8 Å². The summed E-state index contributed by atoms with van der Waals surface area (Å²) in [6.45, 7) is 7.14. The standard InChI is InChI=1S/C33H42N4O8/c1-18-14-23-28(37-32(41)22-10-12-35-13-11-22)25(38)17-24(30(23)40)36-21(4)8-7-9-26(43-5)31(45-33(34)42)20(3)16-19(2)29(39)27(15-18)44-6/h7-13,16-19,26-27,29,31,36,39H,14-15H2,1-6H3,(H2,34,42)(H,37,41)/b9-7-,20-16+,21-8+. The number of fused-ring (bicyclic) bond motifs is 2. The van der Waals surface area contributed by atoms with Crippen LogP contribution in [0.5, 0.6) is 0 Å². The summed E-state index contributed by atoms with van der Waals surface area (Å²) in [5.74, 6) is -2.25. The second kappa shape index (κ2) is 16.1. The van der Waals surface area contributed by atoms with E-state index < -0.39 is 53.9 Å². The van der Waals surface area contributed by atoms with E-state index in [9.17, 15) is 24.3 Å². The first-order valence-electron chi connectivity index (χ1n) is 14.6. The number of carbonyl (C=O) groups is 4. The highest BCUT2D eigenvalue weighted by atomic mass is 16.6. The van der Waals surface area contributed by atoms with E-state index in [1.807, 2.05) is 6.92 Å². The molecule has 242 valence electrons. The Hall–Kier alpha value is -4.39. The minimum absolute atomic E-state index is 0.0429. The van der Waals surface area contributed by atoms with Crippen molar-refractivity contribution in [2.75, 3.05) is 14.2 Å². The van der Waals surface area contributed by atoms with Crippen LogP contribution in [0.3, 0.4) is 0 Å². The van der Waals surface area contributed by atoms with Gasteiger partial charge in [-0.1, -0.05) is 32.1 Å². The molecule has 6 unspecified atom stereocenters. The SMILES string of the molecule is COC1/C=C\C=C(/C)NC2=CC(=O)C(NC(=O)c3ccncc3)=C(CC(C)CC(OC)C(O)C(C)/C=C(\C)C1OC(N)=O)C2=O. The zero-order valence-corrected chi connectivity index (χ0v) is 26.4. The van der Waals surface area contributed by atoms with Crippen molar-refractivity contribution >= 4 is 23.6 Å². The zero-order chi connectivity index (χ0) is 33.3. The predicted octanol–water partition coefficient (Wildman–Crippen LogP) is 3.02. The maximum atomic E-state index is 13.8. The van der Waals surface area contributed by atoms with Crippen LogP contribution in [0.15, 0.2) is 83.1 Å². The Bertz CT molecular complexity index is 1430. The van der Waals surface area contributed by atoms with Crippen molar-refractivity contribution in [2.45, 2.75) is 65.0 Å².